The van der Waals surface area contributed by atoms with Crippen LogP contribution in [0.3, 0.4) is 0 Å². The molecule has 0 spiro atoms. The van der Waals surface area contributed by atoms with E-state index < -0.39 is 10.8 Å². The molecule has 0 heterocycles. The molecule has 0 rings (SSSR count). The van der Waals surface area contributed by atoms with Gasteiger partial charge in [-0.15, -0.1) is 0 Å². The maximum atomic E-state index is 11.8. The van der Waals surface area contributed by atoms with Crippen LogP contribution in [0.5, 0.6) is 0 Å². The normalized spacial score (nSPS) is 21.9. The second-order valence-electron chi connectivity index (χ2n) is 3.84. The van der Waals surface area contributed by atoms with Gasteiger partial charge in [-0.1, -0.05) is 20.8 Å². The van der Waals surface area contributed by atoms with Gasteiger partial charge in [0, 0.05) is 27.3 Å². The van der Waals surface area contributed by atoms with Gasteiger partial charge < -0.3 is 5.73 Å². The summed E-state index contributed by atoms with van der Waals surface area (Å²) in [6.45, 7) is 10.1. The number of rotatable bonds is 4. The largest absolute Gasteiger partial charge is 0.327 e. The van der Waals surface area contributed by atoms with Crippen molar-refractivity contribution in [3.8, 4) is 0 Å². The fraction of sp³-hybridized carbons (Fsp3) is 1.00. The Labute approximate surface area is 78.4 Å². The minimum Gasteiger partial charge on any atom is -0.327 e. The maximum absolute atomic E-state index is 11.8. The molecule has 2 nitrogen and oxygen atoms in total. The fourth-order valence-corrected chi connectivity index (χ4v) is 2.46. The zero-order valence-corrected chi connectivity index (χ0v) is 9.52. The average molecular weight is 191 g/mol. The van der Waals surface area contributed by atoms with Gasteiger partial charge in [-0.25, -0.2) is 0 Å². The summed E-state index contributed by atoms with van der Waals surface area (Å²) in [6.07, 6.45) is 0. The lowest BCUT2D eigenvalue weighted by molar-refractivity contribution is 0.587. The van der Waals surface area contributed by atoms with Crippen LogP contribution >= 0.6 is 0 Å². The van der Waals surface area contributed by atoms with Crippen LogP contribution in [-0.2, 0) is 10.8 Å². The van der Waals surface area contributed by atoms with E-state index in [4.69, 9.17) is 5.73 Å². The summed E-state index contributed by atoms with van der Waals surface area (Å²) in [7, 11) is -0.795. The molecule has 0 fully saturated rings. The van der Waals surface area contributed by atoms with Gasteiger partial charge in [0.2, 0.25) is 0 Å². The molecule has 74 valence electrons. The molecule has 0 saturated heterocycles. The lowest BCUT2D eigenvalue weighted by Gasteiger charge is -2.22. The van der Waals surface area contributed by atoms with Crippen LogP contribution in [0, 0.1) is 5.92 Å². The lowest BCUT2D eigenvalue weighted by Crippen LogP contribution is -2.37. The minimum atomic E-state index is -0.795. The minimum absolute atomic E-state index is 0.0204. The molecule has 0 bridgehead atoms. The number of hydrogen-bond donors (Lipinski definition) is 1. The Morgan fingerprint density at radius 1 is 1.00 bits per heavy atom. The summed E-state index contributed by atoms with van der Waals surface area (Å²) in [5, 5.41) is 0.341. The highest BCUT2D eigenvalue weighted by molar-refractivity contribution is 7.86. The van der Waals surface area contributed by atoms with Gasteiger partial charge in [0.25, 0.3) is 0 Å². The molecule has 0 aliphatic heterocycles. The van der Waals surface area contributed by atoms with E-state index in [1.807, 2.05) is 20.8 Å². The molecule has 3 heteroatoms. The first kappa shape index (κ1) is 12.1. The molecule has 12 heavy (non-hydrogen) atoms. The molecule has 0 saturated carbocycles. The van der Waals surface area contributed by atoms with Gasteiger partial charge in [0.1, 0.15) is 0 Å². The van der Waals surface area contributed by atoms with E-state index in [0.717, 1.165) is 0 Å². The van der Waals surface area contributed by atoms with Crippen LogP contribution in [-0.4, -0.2) is 20.8 Å². The van der Waals surface area contributed by atoms with Gasteiger partial charge in [-0.2, -0.15) is 0 Å². The molecule has 0 amide bonds. The van der Waals surface area contributed by atoms with Gasteiger partial charge in [-0.05, 0) is 19.8 Å². The first-order valence-corrected chi connectivity index (χ1v) is 5.80. The summed E-state index contributed by atoms with van der Waals surface area (Å²) in [6, 6.07) is 0.0204. The summed E-state index contributed by atoms with van der Waals surface area (Å²) in [5.74, 6) is 0.465. The van der Waals surface area contributed by atoms with Crippen molar-refractivity contribution in [2.24, 2.45) is 11.7 Å². The molecule has 0 aromatic heterocycles. The Morgan fingerprint density at radius 3 is 1.67 bits per heavy atom. The average Bonchev–Trinajstić information content (AvgIpc) is 2.00. The van der Waals surface area contributed by atoms with Gasteiger partial charge >= 0.3 is 0 Å². The molecule has 0 aliphatic carbocycles. The van der Waals surface area contributed by atoms with E-state index in [1.165, 1.54) is 0 Å². The van der Waals surface area contributed by atoms with Crippen LogP contribution in [0.4, 0.5) is 0 Å². The third kappa shape index (κ3) is 3.23. The van der Waals surface area contributed by atoms with E-state index >= 15 is 0 Å². The molecule has 0 aromatic carbocycles. The van der Waals surface area contributed by atoms with Crippen molar-refractivity contribution in [2.45, 2.75) is 51.2 Å². The van der Waals surface area contributed by atoms with Crippen LogP contribution in [0.2, 0.25) is 0 Å². The highest BCUT2D eigenvalue weighted by atomic mass is 32.2. The molecule has 2 N–H and O–H groups in total. The van der Waals surface area contributed by atoms with E-state index in [1.54, 1.807) is 0 Å². The monoisotopic (exact) mass is 191 g/mol. The predicted molar refractivity (Wildman–Crippen MR) is 55.6 cm³/mol. The third-order valence-corrected chi connectivity index (χ3v) is 4.85. The van der Waals surface area contributed by atoms with Gasteiger partial charge in [-0.3, -0.25) is 4.21 Å². The number of hydrogen-bond acceptors (Lipinski definition) is 2. The summed E-state index contributed by atoms with van der Waals surface area (Å²) < 4.78 is 11.8. The maximum Gasteiger partial charge on any atom is 0.0470 e. The van der Waals surface area contributed by atoms with Crippen LogP contribution in [0.1, 0.15) is 34.6 Å². The van der Waals surface area contributed by atoms with Crippen molar-refractivity contribution in [1.29, 1.82) is 0 Å². The summed E-state index contributed by atoms with van der Waals surface area (Å²) in [5.41, 5.74) is 5.68. The second-order valence-corrected chi connectivity index (χ2v) is 5.99. The quantitative estimate of drug-likeness (QED) is 0.732. The van der Waals surface area contributed by atoms with Crippen LogP contribution < -0.4 is 5.73 Å². The molecular formula is C9H21NOS. The second kappa shape index (κ2) is 4.97. The van der Waals surface area contributed by atoms with Gasteiger partial charge in [0.05, 0.1) is 0 Å². The Hall–Kier alpha value is 0.110. The Kier molecular flexibility index (Phi) is 5.02. The number of nitrogens with two attached hydrogens (primary N) is 1. The topological polar surface area (TPSA) is 43.1 Å². The first-order chi connectivity index (χ1) is 5.37. The molecule has 0 aromatic rings. The smallest absolute Gasteiger partial charge is 0.0470 e. The van der Waals surface area contributed by atoms with Crippen molar-refractivity contribution >= 4 is 10.8 Å². The van der Waals surface area contributed by atoms with Crippen molar-refractivity contribution in [3.63, 3.8) is 0 Å². The lowest BCUT2D eigenvalue weighted by atomic mass is 10.2. The van der Waals surface area contributed by atoms with Crippen molar-refractivity contribution in [1.82, 2.24) is 0 Å². The Morgan fingerprint density at radius 2 is 1.42 bits per heavy atom. The molecule has 4 atom stereocenters. The van der Waals surface area contributed by atoms with Crippen molar-refractivity contribution in [3.05, 3.63) is 0 Å². The molecular weight excluding hydrogens is 170 g/mol. The van der Waals surface area contributed by atoms with Gasteiger partial charge in [0.15, 0.2) is 0 Å². The highest BCUT2D eigenvalue weighted by Gasteiger charge is 2.22. The van der Waals surface area contributed by atoms with E-state index in [9.17, 15) is 4.21 Å². The third-order valence-electron chi connectivity index (χ3n) is 2.41. The molecule has 4 unspecified atom stereocenters. The standard InChI is InChI=1S/C9H21NOS/c1-6(2)8(4)12(11)9(5)7(3)10/h6-9H,10H2,1-5H3. The van der Waals surface area contributed by atoms with Crippen LogP contribution in [0.25, 0.3) is 0 Å². The Bertz CT molecular complexity index is 141. The SMILES string of the molecule is CC(C)C(C)S(=O)C(C)C(C)N. The van der Waals surface area contributed by atoms with Crippen molar-refractivity contribution in [2.75, 3.05) is 0 Å². The fourth-order valence-electron chi connectivity index (χ4n) is 0.818. The van der Waals surface area contributed by atoms with E-state index in [2.05, 4.69) is 13.8 Å². The zero-order chi connectivity index (χ0) is 9.89. The van der Waals surface area contributed by atoms with E-state index in [0.29, 0.717) is 5.92 Å². The molecule has 0 radical (unpaired) electrons. The first-order valence-electron chi connectivity index (χ1n) is 4.52. The Balaban J connectivity index is 4.19. The van der Waals surface area contributed by atoms with Crippen LogP contribution in [0.15, 0.2) is 0 Å². The predicted octanol–water partition coefficient (Wildman–Crippen LogP) is 1.52. The summed E-state index contributed by atoms with van der Waals surface area (Å²) >= 11 is 0. The summed E-state index contributed by atoms with van der Waals surface area (Å²) in [4.78, 5) is 0. The molecule has 0 aliphatic rings. The van der Waals surface area contributed by atoms with E-state index in [-0.39, 0.29) is 16.5 Å². The van der Waals surface area contributed by atoms with Crippen molar-refractivity contribution < 1.29 is 4.21 Å². The zero-order valence-electron chi connectivity index (χ0n) is 8.70. The highest BCUT2D eigenvalue weighted by Crippen LogP contribution is 2.13.